The fourth-order valence-electron chi connectivity index (χ4n) is 2.47. The molecule has 0 aliphatic carbocycles. The number of hydrogen-bond donors (Lipinski definition) is 2. The van der Waals surface area contributed by atoms with E-state index in [1.54, 1.807) is 29.6 Å². The van der Waals surface area contributed by atoms with E-state index in [1.165, 1.54) is 0 Å². The topological polar surface area (TPSA) is 80.3 Å². The van der Waals surface area contributed by atoms with Crippen molar-refractivity contribution >= 4 is 38.6 Å². The number of nitrogens with one attached hydrogen (secondary N) is 2. The SMILES string of the molecule is COC(=O)[C@@](NC(=O)c1ccc(F)cc1)(Nc1nc2ccccc2s1)C(F)(F)F. The number of hydrogen-bond acceptors (Lipinski definition) is 6. The number of fused-ring (bicyclic) bond motifs is 1. The van der Waals surface area contributed by atoms with Crippen LogP contribution in [-0.4, -0.2) is 35.8 Å². The number of halogens is 4. The lowest BCUT2D eigenvalue weighted by Gasteiger charge is -2.34. The van der Waals surface area contributed by atoms with Crippen LogP contribution < -0.4 is 10.6 Å². The first kappa shape index (κ1) is 20.5. The lowest BCUT2D eigenvalue weighted by atomic mass is 10.1. The van der Waals surface area contributed by atoms with Crippen molar-refractivity contribution in [1.82, 2.24) is 10.3 Å². The van der Waals surface area contributed by atoms with Crippen LogP contribution in [0.4, 0.5) is 22.7 Å². The third-order valence-electron chi connectivity index (χ3n) is 3.91. The van der Waals surface area contributed by atoms with Gasteiger partial charge in [0.15, 0.2) is 5.13 Å². The molecule has 1 amide bonds. The van der Waals surface area contributed by atoms with Gasteiger partial charge in [0.25, 0.3) is 5.91 Å². The molecule has 1 aromatic heterocycles. The Labute approximate surface area is 165 Å². The second-order valence-electron chi connectivity index (χ2n) is 5.81. The van der Waals surface area contributed by atoms with E-state index >= 15 is 0 Å². The largest absolute Gasteiger partial charge is 0.466 e. The van der Waals surface area contributed by atoms with Gasteiger partial charge < -0.3 is 15.4 Å². The second-order valence-corrected chi connectivity index (χ2v) is 6.84. The zero-order valence-corrected chi connectivity index (χ0v) is 15.5. The highest BCUT2D eigenvalue weighted by Gasteiger charge is 2.64. The molecule has 2 aromatic carbocycles. The number of rotatable bonds is 5. The average molecular weight is 427 g/mol. The minimum atomic E-state index is -5.30. The highest BCUT2D eigenvalue weighted by molar-refractivity contribution is 7.22. The Morgan fingerprint density at radius 3 is 2.31 bits per heavy atom. The number of aromatic nitrogens is 1. The molecule has 0 bridgehead atoms. The number of nitrogens with zero attached hydrogens (tertiary/aromatic N) is 1. The van der Waals surface area contributed by atoms with Gasteiger partial charge in [-0.05, 0) is 36.4 Å². The van der Waals surface area contributed by atoms with Crippen LogP contribution in [0, 0.1) is 5.82 Å². The minimum absolute atomic E-state index is 0.256. The van der Waals surface area contributed by atoms with Gasteiger partial charge in [-0.1, -0.05) is 23.5 Å². The standard InChI is InChI=1S/C18H13F4N3O3S/c1-28-15(27)17(18(20,21)22,24-14(26)10-6-8-11(19)9-7-10)25-16-23-12-4-2-3-5-13(12)29-16/h2-9H,1H3,(H,23,25)(H,24,26)/t17-/m1/s1. The monoisotopic (exact) mass is 427 g/mol. The van der Waals surface area contributed by atoms with Crippen molar-refractivity contribution in [2.45, 2.75) is 11.8 Å². The predicted molar refractivity (Wildman–Crippen MR) is 97.9 cm³/mol. The second kappa shape index (κ2) is 7.66. The number of methoxy groups -OCH3 is 1. The molecule has 0 unspecified atom stereocenters. The fourth-order valence-corrected chi connectivity index (χ4v) is 3.39. The highest BCUT2D eigenvalue weighted by atomic mass is 32.1. The first-order valence-electron chi connectivity index (χ1n) is 8.03. The van der Waals surface area contributed by atoms with Gasteiger partial charge in [-0.2, -0.15) is 13.2 Å². The number of para-hydroxylation sites is 1. The molecule has 0 saturated carbocycles. The Morgan fingerprint density at radius 1 is 1.07 bits per heavy atom. The highest BCUT2D eigenvalue weighted by Crippen LogP contribution is 2.35. The maximum Gasteiger partial charge on any atom is 0.442 e. The van der Waals surface area contributed by atoms with Gasteiger partial charge >= 0.3 is 17.8 Å². The van der Waals surface area contributed by atoms with Gasteiger partial charge in [0.05, 0.1) is 17.3 Å². The van der Waals surface area contributed by atoms with E-state index in [0.29, 0.717) is 10.2 Å². The molecule has 11 heteroatoms. The minimum Gasteiger partial charge on any atom is -0.466 e. The van der Waals surface area contributed by atoms with E-state index < -0.39 is 29.5 Å². The van der Waals surface area contributed by atoms with E-state index in [9.17, 15) is 27.2 Å². The molecule has 0 spiro atoms. The first-order chi connectivity index (χ1) is 13.7. The Hall–Kier alpha value is -3.21. The Kier molecular flexibility index (Phi) is 5.42. The van der Waals surface area contributed by atoms with Crippen LogP contribution >= 0.6 is 11.3 Å². The number of amides is 1. The number of thiazole rings is 1. The fraction of sp³-hybridized carbons (Fsp3) is 0.167. The zero-order valence-electron chi connectivity index (χ0n) is 14.7. The molecule has 0 radical (unpaired) electrons. The molecule has 6 nitrogen and oxygen atoms in total. The van der Waals surface area contributed by atoms with Crippen LogP contribution in [0.5, 0.6) is 0 Å². The summed E-state index contributed by atoms with van der Waals surface area (Å²) in [5.74, 6) is -3.73. The Balaban J connectivity index is 2.03. The summed E-state index contributed by atoms with van der Waals surface area (Å²) in [6, 6.07) is 10.3. The third-order valence-corrected chi connectivity index (χ3v) is 4.86. The van der Waals surface area contributed by atoms with Crippen molar-refractivity contribution in [2.24, 2.45) is 0 Å². The summed E-state index contributed by atoms with van der Waals surface area (Å²) in [7, 11) is 0.757. The lowest BCUT2D eigenvalue weighted by Crippen LogP contribution is -2.69. The van der Waals surface area contributed by atoms with Crippen molar-refractivity contribution in [1.29, 1.82) is 0 Å². The molecular weight excluding hydrogens is 414 g/mol. The van der Waals surface area contributed by atoms with Crippen LogP contribution in [0.3, 0.4) is 0 Å². The third kappa shape index (κ3) is 3.99. The van der Waals surface area contributed by atoms with Crippen molar-refractivity contribution in [3.05, 3.63) is 59.9 Å². The van der Waals surface area contributed by atoms with Crippen LogP contribution in [0.1, 0.15) is 10.4 Å². The number of esters is 1. The number of carbonyl (C=O) groups is 2. The molecule has 2 N–H and O–H groups in total. The maximum absolute atomic E-state index is 14.0. The number of benzene rings is 2. The van der Waals surface area contributed by atoms with Crippen LogP contribution in [0.25, 0.3) is 10.2 Å². The van der Waals surface area contributed by atoms with Crippen LogP contribution in [0.15, 0.2) is 48.5 Å². The number of anilines is 1. The molecule has 3 rings (SSSR count). The van der Waals surface area contributed by atoms with Gasteiger partial charge in [0.1, 0.15) is 5.82 Å². The summed E-state index contributed by atoms with van der Waals surface area (Å²) in [5.41, 5.74) is -3.48. The van der Waals surface area contributed by atoms with E-state index in [-0.39, 0.29) is 10.7 Å². The maximum atomic E-state index is 14.0. The van der Waals surface area contributed by atoms with Crippen LogP contribution in [0.2, 0.25) is 0 Å². The first-order valence-corrected chi connectivity index (χ1v) is 8.85. The van der Waals surface area contributed by atoms with Crippen LogP contribution in [-0.2, 0) is 9.53 Å². The Bertz CT molecular complexity index is 1020. The molecule has 3 aromatic rings. The predicted octanol–water partition coefficient (Wildman–Crippen LogP) is 3.71. The number of ether oxygens (including phenoxy) is 1. The van der Waals surface area contributed by atoms with Gasteiger partial charge in [0.2, 0.25) is 0 Å². The quantitative estimate of drug-likeness (QED) is 0.369. The molecule has 29 heavy (non-hydrogen) atoms. The summed E-state index contributed by atoms with van der Waals surface area (Å²) in [4.78, 5) is 28.6. The van der Waals surface area contributed by atoms with Gasteiger partial charge in [0, 0.05) is 5.56 Å². The molecule has 1 heterocycles. The molecule has 1 atom stereocenters. The van der Waals surface area contributed by atoms with Crippen molar-refractivity contribution < 1.29 is 31.9 Å². The average Bonchev–Trinajstić information content (AvgIpc) is 3.08. The smallest absolute Gasteiger partial charge is 0.442 e. The summed E-state index contributed by atoms with van der Waals surface area (Å²) in [6.07, 6.45) is -5.30. The van der Waals surface area contributed by atoms with E-state index in [2.05, 4.69) is 9.72 Å². The zero-order chi connectivity index (χ0) is 21.2. The molecule has 0 saturated heterocycles. The normalized spacial score (nSPS) is 13.6. The molecule has 0 aliphatic rings. The summed E-state index contributed by atoms with van der Waals surface area (Å²) >= 11 is 0.862. The molecule has 0 aliphatic heterocycles. The summed E-state index contributed by atoms with van der Waals surface area (Å²) < 4.78 is 60.0. The summed E-state index contributed by atoms with van der Waals surface area (Å²) in [5, 5.41) is 3.37. The number of alkyl halides is 3. The van der Waals surface area contributed by atoms with E-state index in [4.69, 9.17) is 0 Å². The van der Waals surface area contributed by atoms with Crippen molar-refractivity contribution in [3.63, 3.8) is 0 Å². The van der Waals surface area contributed by atoms with Gasteiger partial charge in [-0.15, -0.1) is 0 Å². The van der Waals surface area contributed by atoms with E-state index in [0.717, 1.165) is 42.7 Å². The molecule has 0 fully saturated rings. The van der Waals surface area contributed by atoms with Crippen molar-refractivity contribution in [2.75, 3.05) is 12.4 Å². The molecular formula is C18H13F4N3O3S. The lowest BCUT2D eigenvalue weighted by molar-refractivity contribution is -0.203. The summed E-state index contributed by atoms with van der Waals surface area (Å²) in [6.45, 7) is 0. The number of carbonyl (C=O) groups excluding carboxylic acids is 2. The Morgan fingerprint density at radius 2 is 1.72 bits per heavy atom. The van der Waals surface area contributed by atoms with Crippen molar-refractivity contribution in [3.8, 4) is 0 Å². The molecule has 152 valence electrons. The van der Waals surface area contributed by atoms with Gasteiger partial charge in [-0.25, -0.2) is 14.2 Å². The van der Waals surface area contributed by atoms with Gasteiger partial charge in [-0.3, -0.25) is 4.79 Å². The van der Waals surface area contributed by atoms with E-state index in [1.807, 2.05) is 5.32 Å².